The van der Waals surface area contributed by atoms with Crippen molar-refractivity contribution < 1.29 is 0 Å². The van der Waals surface area contributed by atoms with Crippen molar-refractivity contribution >= 4 is 0 Å². The standard InChI is InChI=1S/C12H18.C2H6/c1-4-6-7-12(10(3)5-2)11-8-9-11;1-2/h4-6,11H,2,7-9H2,1,3H3;1-2H3/b6-4+,12-10-;. The molecule has 0 bridgehead atoms. The molecular weight excluding hydrogens is 168 g/mol. The van der Waals surface area contributed by atoms with Crippen molar-refractivity contribution in [1.29, 1.82) is 0 Å². The van der Waals surface area contributed by atoms with Gasteiger partial charge in [0.15, 0.2) is 0 Å². The van der Waals surface area contributed by atoms with Crippen LogP contribution in [0.2, 0.25) is 0 Å². The van der Waals surface area contributed by atoms with Crippen molar-refractivity contribution in [2.24, 2.45) is 5.92 Å². The summed E-state index contributed by atoms with van der Waals surface area (Å²) in [5.74, 6) is 0.874. The Labute approximate surface area is 89.4 Å². The summed E-state index contributed by atoms with van der Waals surface area (Å²) in [4.78, 5) is 0. The molecule has 0 spiro atoms. The van der Waals surface area contributed by atoms with E-state index in [1.807, 2.05) is 19.9 Å². The van der Waals surface area contributed by atoms with E-state index in [0.717, 1.165) is 12.3 Å². The summed E-state index contributed by atoms with van der Waals surface area (Å²) >= 11 is 0. The molecule has 0 amide bonds. The molecule has 0 heterocycles. The maximum Gasteiger partial charge on any atom is -0.0130 e. The Bertz CT molecular complexity index is 214. The minimum absolute atomic E-state index is 0.874. The predicted octanol–water partition coefficient (Wildman–Crippen LogP) is 4.89. The number of hydrogen-bond acceptors (Lipinski definition) is 0. The molecule has 0 aliphatic heterocycles. The zero-order valence-electron chi connectivity index (χ0n) is 10.1. The second-order valence-electron chi connectivity index (χ2n) is 3.46. The minimum atomic E-state index is 0.874. The van der Waals surface area contributed by atoms with Crippen molar-refractivity contribution in [3.8, 4) is 0 Å². The van der Waals surface area contributed by atoms with Gasteiger partial charge in [-0.05, 0) is 39.0 Å². The fourth-order valence-electron chi connectivity index (χ4n) is 1.46. The molecule has 1 aliphatic rings. The van der Waals surface area contributed by atoms with Gasteiger partial charge in [0.2, 0.25) is 0 Å². The van der Waals surface area contributed by atoms with Crippen LogP contribution in [0.3, 0.4) is 0 Å². The second kappa shape index (κ2) is 7.61. The summed E-state index contributed by atoms with van der Waals surface area (Å²) in [5, 5.41) is 0. The van der Waals surface area contributed by atoms with Crippen LogP contribution < -0.4 is 0 Å². The molecule has 1 aliphatic carbocycles. The lowest BCUT2D eigenvalue weighted by Gasteiger charge is -2.05. The highest BCUT2D eigenvalue weighted by Crippen LogP contribution is 2.39. The van der Waals surface area contributed by atoms with Gasteiger partial charge in [0.25, 0.3) is 0 Å². The van der Waals surface area contributed by atoms with E-state index in [9.17, 15) is 0 Å². The van der Waals surface area contributed by atoms with Gasteiger partial charge in [0, 0.05) is 0 Å². The highest BCUT2D eigenvalue weighted by Gasteiger charge is 2.25. The highest BCUT2D eigenvalue weighted by atomic mass is 14.3. The molecule has 0 aromatic heterocycles. The van der Waals surface area contributed by atoms with Crippen LogP contribution in [-0.2, 0) is 0 Å². The highest BCUT2D eigenvalue weighted by molar-refractivity contribution is 5.28. The summed E-state index contributed by atoms with van der Waals surface area (Å²) in [7, 11) is 0. The topological polar surface area (TPSA) is 0 Å². The zero-order valence-corrected chi connectivity index (χ0v) is 10.1. The fraction of sp³-hybridized carbons (Fsp3) is 0.571. The van der Waals surface area contributed by atoms with Crippen LogP contribution in [0, 0.1) is 5.92 Å². The Morgan fingerprint density at radius 1 is 1.36 bits per heavy atom. The number of rotatable bonds is 4. The molecule has 0 radical (unpaired) electrons. The maximum atomic E-state index is 3.82. The smallest absolute Gasteiger partial charge is 0.0130 e. The molecule has 0 atom stereocenters. The van der Waals surface area contributed by atoms with Crippen LogP contribution in [-0.4, -0.2) is 0 Å². The molecule has 0 N–H and O–H groups in total. The van der Waals surface area contributed by atoms with Gasteiger partial charge in [-0.3, -0.25) is 0 Å². The third kappa shape index (κ3) is 4.45. The van der Waals surface area contributed by atoms with Crippen LogP contribution >= 0.6 is 0 Å². The van der Waals surface area contributed by atoms with Gasteiger partial charge in [0.05, 0.1) is 0 Å². The zero-order chi connectivity index (χ0) is 11.0. The SMILES string of the molecule is C=C/C(C)=C(/C/C=C/C)C1CC1.CC. The fourth-order valence-corrected chi connectivity index (χ4v) is 1.46. The molecular formula is C14H24. The van der Waals surface area contributed by atoms with E-state index in [2.05, 4.69) is 32.6 Å². The van der Waals surface area contributed by atoms with Crippen molar-refractivity contribution in [2.75, 3.05) is 0 Å². The van der Waals surface area contributed by atoms with Crippen LogP contribution in [0.4, 0.5) is 0 Å². The molecule has 1 fully saturated rings. The van der Waals surface area contributed by atoms with E-state index in [4.69, 9.17) is 0 Å². The van der Waals surface area contributed by atoms with Gasteiger partial charge in [-0.25, -0.2) is 0 Å². The average Bonchev–Trinajstić information content (AvgIpc) is 3.05. The van der Waals surface area contributed by atoms with Gasteiger partial charge in [-0.15, -0.1) is 0 Å². The van der Waals surface area contributed by atoms with E-state index >= 15 is 0 Å². The Hall–Kier alpha value is -0.780. The summed E-state index contributed by atoms with van der Waals surface area (Å²) in [6.07, 6.45) is 10.2. The van der Waals surface area contributed by atoms with Gasteiger partial charge in [-0.1, -0.05) is 49.8 Å². The lowest BCUT2D eigenvalue weighted by molar-refractivity contribution is 0.932. The van der Waals surface area contributed by atoms with Crippen LogP contribution in [0.5, 0.6) is 0 Å². The molecule has 1 rings (SSSR count). The van der Waals surface area contributed by atoms with E-state index in [-0.39, 0.29) is 0 Å². The molecule has 14 heavy (non-hydrogen) atoms. The van der Waals surface area contributed by atoms with Crippen LogP contribution in [0.25, 0.3) is 0 Å². The molecule has 80 valence electrons. The van der Waals surface area contributed by atoms with E-state index in [1.165, 1.54) is 18.4 Å². The van der Waals surface area contributed by atoms with E-state index in [0.29, 0.717) is 0 Å². The molecule has 0 unspecified atom stereocenters. The van der Waals surface area contributed by atoms with Crippen molar-refractivity contribution in [3.05, 3.63) is 36.0 Å². The van der Waals surface area contributed by atoms with Crippen LogP contribution in [0.1, 0.15) is 47.0 Å². The third-order valence-corrected chi connectivity index (χ3v) is 2.46. The first-order valence-electron chi connectivity index (χ1n) is 5.72. The first-order chi connectivity index (χ1) is 6.79. The Kier molecular flexibility index (Phi) is 7.18. The normalized spacial score (nSPS) is 17.1. The van der Waals surface area contributed by atoms with Crippen molar-refractivity contribution in [2.45, 2.75) is 47.0 Å². The monoisotopic (exact) mass is 192 g/mol. The summed E-state index contributed by atoms with van der Waals surface area (Å²) in [6, 6.07) is 0. The van der Waals surface area contributed by atoms with Crippen LogP contribution in [0.15, 0.2) is 36.0 Å². The number of hydrogen-bond donors (Lipinski definition) is 0. The third-order valence-electron chi connectivity index (χ3n) is 2.46. The van der Waals surface area contributed by atoms with E-state index < -0.39 is 0 Å². The Balaban J connectivity index is 0.000000791. The lowest BCUT2D eigenvalue weighted by atomic mass is 10.0. The van der Waals surface area contributed by atoms with Crippen molar-refractivity contribution in [3.63, 3.8) is 0 Å². The van der Waals surface area contributed by atoms with Gasteiger partial charge >= 0.3 is 0 Å². The molecule has 0 aromatic carbocycles. The molecule has 0 saturated heterocycles. The van der Waals surface area contributed by atoms with Crippen molar-refractivity contribution in [1.82, 2.24) is 0 Å². The number of allylic oxidation sites excluding steroid dienone is 5. The minimum Gasteiger partial charge on any atom is -0.0988 e. The first kappa shape index (κ1) is 13.2. The van der Waals surface area contributed by atoms with Gasteiger partial charge < -0.3 is 0 Å². The molecule has 0 heteroatoms. The van der Waals surface area contributed by atoms with Gasteiger partial charge in [0.1, 0.15) is 0 Å². The van der Waals surface area contributed by atoms with Gasteiger partial charge in [-0.2, -0.15) is 0 Å². The molecule has 0 nitrogen and oxygen atoms in total. The Morgan fingerprint density at radius 3 is 2.29 bits per heavy atom. The predicted molar refractivity (Wildman–Crippen MR) is 66.4 cm³/mol. The van der Waals surface area contributed by atoms with E-state index in [1.54, 1.807) is 5.57 Å². The lowest BCUT2D eigenvalue weighted by Crippen LogP contribution is -1.88. The summed E-state index contributed by atoms with van der Waals surface area (Å²) in [5.41, 5.74) is 2.98. The largest absolute Gasteiger partial charge is 0.0988 e. The quantitative estimate of drug-likeness (QED) is 0.439. The summed E-state index contributed by atoms with van der Waals surface area (Å²) < 4.78 is 0. The first-order valence-corrected chi connectivity index (χ1v) is 5.72. The second-order valence-corrected chi connectivity index (χ2v) is 3.46. The molecule has 1 saturated carbocycles. The average molecular weight is 192 g/mol. The summed E-state index contributed by atoms with van der Waals surface area (Å²) in [6.45, 7) is 12.1. The molecule has 0 aromatic rings. The maximum absolute atomic E-state index is 3.82. The Morgan fingerprint density at radius 2 is 1.93 bits per heavy atom.